The van der Waals surface area contributed by atoms with Crippen LogP contribution in [-0.2, 0) is 15.1 Å². The first-order valence-corrected chi connectivity index (χ1v) is 9.20. The lowest BCUT2D eigenvalue weighted by molar-refractivity contribution is -0.124. The molecule has 2 heterocycles. The summed E-state index contributed by atoms with van der Waals surface area (Å²) >= 11 is 7.76. The standard InChI is InChI=1S/C20H16ClNO2S/c1-20(18-6-3-9-25-18)16-11-14(13-4-2-5-15(21)10-13)7-8-17(16)22-19(23)12-24-20/h2-11H,12H2,1H3,(H,22,23). The summed E-state index contributed by atoms with van der Waals surface area (Å²) in [6.07, 6.45) is 0. The van der Waals surface area contributed by atoms with Crippen LogP contribution in [0.1, 0.15) is 17.4 Å². The molecule has 1 amide bonds. The van der Waals surface area contributed by atoms with E-state index in [9.17, 15) is 4.79 Å². The number of benzene rings is 2. The highest BCUT2D eigenvalue weighted by molar-refractivity contribution is 7.10. The van der Waals surface area contributed by atoms with E-state index < -0.39 is 5.60 Å². The lowest BCUT2D eigenvalue weighted by atomic mass is 9.89. The molecule has 0 fully saturated rings. The van der Waals surface area contributed by atoms with Gasteiger partial charge in [-0.3, -0.25) is 4.79 Å². The van der Waals surface area contributed by atoms with Crippen LogP contribution in [-0.4, -0.2) is 12.5 Å². The minimum Gasteiger partial charge on any atom is -0.355 e. The summed E-state index contributed by atoms with van der Waals surface area (Å²) in [5, 5.41) is 5.66. The number of hydrogen-bond acceptors (Lipinski definition) is 3. The second kappa shape index (κ2) is 6.30. The van der Waals surface area contributed by atoms with E-state index in [0.717, 1.165) is 27.3 Å². The number of halogens is 1. The molecule has 1 aliphatic heterocycles. The summed E-state index contributed by atoms with van der Waals surface area (Å²) in [5.74, 6) is -0.142. The van der Waals surface area contributed by atoms with E-state index in [4.69, 9.17) is 16.3 Å². The van der Waals surface area contributed by atoms with Crippen molar-refractivity contribution in [1.82, 2.24) is 0 Å². The second-order valence-electron chi connectivity index (χ2n) is 6.12. The molecule has 25 heavy (non-hydrogen) atoms. The number of hydrogen-bond donors (Lipinski definition) is 1. The molecule has 2 aromatic carbocycles. The zero-order chi connectivity index (χ0) is 17.4. The molecule has 0 spiro atoms. The van der Waals surface area contributed by atoms with Gasteiger partial charge in [0, 0.05) is 21.2 Å². The van der Waals surface area contributed by atoms with Gasteiger partial charge in [0.05, 0.1) is 0 Å². The molecule has 0 saturated heterocycles. The number of fused-ring (bicyclic) bond motifs is 1. The topological polar surface area (TPSA) is 38.3 Å². The van der Waals surface area contributed by atoms with Gasteiger partial charge >= 0.3 is 0 Å². The van der Waals surface area contributed by atoms with Crippen LogP contribution in [0.3, 0.4) is 0 Å². The monoisotopic (exact) mass is 369 g/mol. The fraction of sp³-hybridized carbons (Fsp3) is 0.150. The molecule has 1 aliphatic rings. The molecule has 126 valence electrons. The van der Waals surface area contributed by atoms with Crippen LogP contribution in [0.2, 0.25) is 5.02 Å². The van der Waals surface area contributed by atoms with Crippen molar-refractivity contribution in [1.29, 1.82) is 0 Å². The molecule has 1 unspecified atom stereocenters. The Morgan fingerprint density at radius 2 is 1.96 bits per heavy atom. The average molecular weight is 370 g/mol. The van der Waals surface area contributed by atoms with Crippen molar-refractivity contribution in [3.8, 4) is 11.1 Å². The van der Waals surface area contributed by atoms with Crippen molar-refractivity contribution in [3.05, 3.63) is 75.4 Å². The Hall–Kier alpha value is -2.14. The number of thiophene rings is 1. The van der Waals surface area contributed by atoms with Gasteiger partial charge in [0.25, 0.3) is 0 Å². The summed E-state index contributed by atoms with van der Waals surface area (Å²) in [6.45, 7) is 2.04. The number of carbonyl (C=O) groups is 1. The van der Waals surface area contributed by atoms with Crippen molar-refractivity contribution < 1.29 is 9.53 Å². The third-order valence-electron chi connectivity index (χ3n) is 4.45. The molecule has 3 aromatic rings. The molecule has 0 saturated carbocycles. The van der Waals surface area contributed by atoms with Gasteiger partial charge in [0.1, 0.15) is 12.2 Å². The molecule has 0 aliphatic carbocycles. The largest absolute Gasteiger partial charge is 0.355 e. The third kappa shape index (κ3) is 2.97. The highest BCUT2D eigenvalue weighted by atomic mass is 35.5. The molecular weight excluding hydrogens is 354 g/mol. The van der Waals surface area contributed by atoms with Crippen molar-refractivity contribution in [2.75, 3.05) is 11.9 Å². The molecule has 4 rings (SSSR count). The quantitative estimate of drug-likeness (QED) is 0.665. The number of ether oxygens (including phenoxy) is 1. The van der Waals surface area contributed by atoms with Crippen LogP contribution >= 0.6 is 22.9 Å². The molecule has 0 radical (unpaired) electrons. The van der Waals surface area contributed by atoms with Gasteiger partial charge in [-0.2, -0.15) is 0 Å². The smallest absolute Gasteiger partial charge is 0.250 e. The highest BCUT2D eigenvalue weighted by Gasteiger charge is 2.36. The van der Waals surface area contributed by atoms with E-state index in [1.54, 1.807) is 11.3 Å². The molecule has 1 N–H and O–H groups in total. The number of anilines is 1. The fourth-order valence-corrected chi connectivity index (χ4v) is 4.17. The van der Waals surface area contributed by atoms with Crippen LogP contribution in [0.4, 0.5) is 5.69 Å². The van der Waals surface area contributed by atoms with E-state index in [1.165, 1.54) is 0 Å². The Morgan fingerprint density at radius 3 is 2.72 bits per heavy atom. The molecule has 1 atom stereocenters. The Balaban J connectivity index is 1.90. The van der Waals surface area contributed by atoms with Crippen molar-refractivity contribution >= 4 is 34.5 Å². The first-order chi connectivity index (χ1) is 12.1. The number of rotatable bonds is 2. The van der Waals surface area contributed by atoms with E-state index >= 15 is 0 Å². The number of carbonyl (C=O) groups excluding carboxylic acids is 1. The van der Waals surface area contributed by atoms with Gasteiger partial charge in [-0.15, -0.1) is 11.3 Å². The number of nitrogens with one attached hydrogen (secondary N) is 1. The Morgan fingerprint density at radius 1 is 1.12 bits per heavy atom. The van der Waals surface area contributed by atoms with Crippen LogP contribution < -0.4 is 5.32 Å². The zero-order valence-electron chi connectivity index (χ0n) is 13.6. The average Bonchev–Trinajstić information content (AvgIpc) is 3.11. The second-order valence-corrected chi connectivity index (χ2v) is 7.50. The van der Waals surface area contributed by atoms with E-state index in [0.29, 0.717) is 5.02 Å². The summed E-state index contributed by atoms with van der Waals surface area (Å²) in [7, 11) is 0. The van der Waals surface area contributed by atoms with Gasteiger partial charge in [0.15, 0.2) is 0 Å². The van der Waals surface area contributed by atoms with Gasteiger partial charge in [-0.05, 0) is 53.8 Å². The van der Waals surface area contributed by atoms with Gasteiger partial charge < -0.3 is 10.1 Å². The minimum atomic E-state index is -0.683. The molecule has 0 bridgehead atoms. The van der Waals surface area contributed by atoms with E-state index in [2.05, 4.69) is 11.4 Å². The Kier molecular flexibility index (Phi) is 4.12. The normalized spacial score (nSPS) is 19.8. The lowest BCUT2D eigenvalue weighted by Gasteiger charge is -2.29. The van der Waals surface area contributed by atoms with Crippen molar-refractivity contribution in [2.45, 2.75) is 12.5 Å². The summed E-state index contributed by atoms with van der Waals surface area (Å²) in [6, 6.07) is 17.8. The third-order valence-corrected chi connectivity index (χ3v) is 5.76. The van der Waals surface area contributed by atoms with E-state index in [-0.39, 0.29) is 12.5 Å². The summed E-state index contributed by atoms with van der Waals surface area (Å²) in [5.41, 5.74) is 3.10. The van der Waals surface area contributed by atoms with Crippen LogP contribution in [0.15, 0.2) is 60.0 Å². The SMILES string of the molecule is CC1(c2cccs2)OCC(=O)Nc2ccc(-c3cccc(Cl)c3)cc21. The molecule has 3 nitrogen and oxygen atoms in total. The minimum absolute atomic E-state index is 0.0234. The maximum Gasteiger partial charge on any atom is 0.250 e. The predicted molar refractivity (Wildman–Crippen MR) is 102 cm³/mol. The maximum atomic E-state index is 12.1. The van der Waals surface area contributed by atoms with Crippen molar-refractivity contribution in [2.24, 2.45) is 0 Å². The van der Waals surface area contributed by atoms with Crippen LogP contribution in [0, 0.1) is 0 Å². The molecule has 5 heteroatoms. The lowest BCUT2D eigenvalue weighted by Crippen LogP contribution is -2.27. The first kappa shape index (κ1) is 16.3. The van der Waals surface area contributed by atoms with Crippen LogP contribution in [0.5, 0.6) is 0 Å². The molecule has 1 aromatic heterocycles. The first-order valence-electron chi connectivity index (χ1n) is 7.94. The highest BCUT2D eigenvalue weighted by Crippen LogP contribution is 2.42. The predicted octanol–water partition coefficient (Wildman–Crippen LogP) is 5.30. The number of amides is 1. The van der Waals surface area contributed by atoms with Crippen molar-refractivity contribution in [3.63, 3.8) is 0 Å². The van der Waals surface area contributed by atoms with E-state index in [1.807, 2.05) is 60.8 Å². The maximum absolute atomic E-state index is 12.1. The Labute approximate surface area is 155 Å². The zero-order valence-corrected chi connectivity index (χ0v) is 15.2. The van der Waals surface area contributed by atoms with Gasteiger partial charge in [0.2, 0.25) is 5.91 Å². The summed E-state index contributed by atoms with van der Waals surface area (Å²) in [4.78, 5) is 13.1. The molecular formula is C20H16ClNO2S. The van der Waals surface area contributed by atoms with Gasteiger partial charge in [-0.25, -0.2) is 0 Å². The fourth-order valence-electron chi connectivity index (χ4n) is 3.12. The Bertz CT molecular complexity index is 939. The summed E-state index contributed by atoms with van der Waals surface area (Å²) < 4.78 is 6.06. The van der Waals surface area contributed by atoms with Gasteiger partial charge in [-0.1, -0.05) is 35.9 Å². The van der Waals surface area contributed by atoms with Crippen LogP contribution in [0.25, 0.3) is 11.1 Å².